The van der Waals surface area contributed by atoms with E-state index in [1.165, 1.54) is 6.42 Å². The first-order chi connectivity index (χ1) is 10.5. The van der Waals surface area contributed by atoms with Crippen molar-refractivity contribution in [1.29, 1.82) is 0 Å². The summed E-state index contributed by atoms with van der Waals surface area (Å²) in [6.45, 7) is 0. The van der Waals surface area contributed by atoms with Crippen LogP contribution in [0.1, 0.15) is 38.5 Å². The van der Waals surface area contributed by atoms with Gasteiger partial charge in [0.05, 0.1) is 11.3 Å². The molecule has 3 aliphatic heterocycles. The van der Waals surface area contributed by atoms with Crippen molar-refractivity contribution in [3.63, 3.8) is 0 Å². The Morgan fingerprint density at radius 3 is 2.68 bits per heavy atom. The molecule has 22 heavy (non-hydrogen) atoms. The summed E-state index contributed by atoms with van der Waals surface area (Å²) < 4.78 is 33.3. The predicted octanol–water partition coefficient (Wildman–Crippen LogP) is 1.90. The van der Waals surface area contributed by atoms with Crippen molar-refractivity contribution >= 4 is 43.7 Å². The number of hydrogen-bond acceptors (Lipinski definition) is 5. The van der Waals surface area contributed by atoms with Crippen molar-refractivity contribution in [2.45, 2.75) is 72.5 Å². The van der Waals surface area contributed by atoms with Crippen molar-refractivity contribution in [3.05, 3.63) is 0 Å². The number of carbonyl (C=O) groups excluding carboxylic acids is 1. The lowest BCUT2D eigenvalue weighted by Gasteiger charge is -2.35. The van der Waals surface area contributed by atoms with Crippen LogP contribution in [0.3, 0.4) is 0 Å². The quantitative estimate of drug-likeness (QED) is 0.525. The maximum atomic E-state index is 13.0. The van der Waals surface area contributed by atoms with E-state index in [4.69, 9.17) is 4.74 Å². The molecule has 4 rings (SSSR count). The summed E-state index contributed by atoms with van der Waals surface area (Å²) in [6, 6.07) is -0.0243. The van der Waals surface area contributed by atoms with Gasteiger partial charge in [0.25, 0.3) is 0 Å². The summed E-state index contributed by atoms with van der Waals surface area (Å²) >= 11 is 4.86. The molecule has 3 heterocycles. The van der Waals surface area contributed by atoms with Gasteiger partial charge >= 0.3 is 5.97 Å². The zero-order valence-corrected chi connectivity index (χ0v) is 15.4. The van der Waals surface area contributed by atoms with Crippen molar-refractivity contribution in [2.75, 3.05) is 5.33 Å². The predicted molar refractivity (Wildman–Crippen MR) is 88.7 cm³/mol. The molecule has 0 spiro atoms. The molecule has 1 saturated carbocycles. The highest BCUT2D eigenvalue weighted by molar-refractivity contribution is 9.09. The van der Waals surface area contributed by atoms with E-state index >= 15 is 0 Å². The minimum atomic E-state index is -3.24. The Balaban J connectivity index is 1.66. The number of carbonyl (C=O) groups is 1. The molecular weight excluding hydrogens is 390 g/mol. The van der Waals surface area contributed by atoms with Crippen molar-refractivity contribution in [1.82, 2.24) is 4.31 Å². The largest absolute Gasteiger partial charge is 0.459 e. The highest BCUT2D eigenvalue weighted by Crippen LogP contribution is 2.58. The molecule has 5 nitrogen and oxygen atoms in total. The molecule has 5 atom stereocenters. The van der Waals surface area contributed by atoms with Gasteiger partial charge in [-0.2, -0.15) is 4.31 Å². The van der Waals surface area contributed by atoms with Gasteiger partial charge in [0.2, 0.25) is 10.0 Å². The van der Waals surface area contributed by atoms with Gasteiger partial charge in [-0.15, -0.1) is 11.8 Å². The SMILES string of the molecule is O=C(CBr)OC1C2CC3C(S2)C1N(C1CCCCC1)S3(=O)=O. The van der Waals surface area contributed by atoms with E-state index in [0.29, 0.717) is 6.42 Å². The minimum absolute atomic E-state index is 0.0880. The summed E-state index contributed by atoms with van der Waals surface area (Å²) in [5, 5.41) is 0.141. The molecule has 4 aliphatic rings. The molecule has 0 amide bonds. The van der Waals surface area contributed by atoms with Crippen LogP contribution in [0.15, 0.2) is 0 Å². The fourth-order valence-electron chi connectivity index (χ4n) is 4.65. The van der Waals surface area contributed by atoms with E-state index in [-0.39, 0.29) is 45.2 Å². The Hall–Kier alpha value is 0.210. The smallest absolute Gasteiger partial charge is 0.316 e. The number of hydrogen-bond donors (Lipinski definition) is 0. The number of rotatable bonds is 3. The number of halogens is 1. The topological polar surface area (TPSA) is 63.7 Å². The number of alkyl halides is 1. The molecular formula is C14H20BrNO4S2. The van der Waals surface area contributed by atoms with Crippen LogP contribution in [0.25, 0.3) is 0 Å². The number of thioether (sulfide) groups is 1. The molecule has 8 heteroatoms. The van der Waals surface area contributed by atoms with E-state index in [9.17, 15) is 13.2 Å². The molecule has 0 aromatic carbocycles. The average molecular weight is 410 g/mol. The Morgan fingerprint density at radius 2 is 2.00 bits per heavy atom. The summed E-state index contributed by atoms with van der Waals surface area (Å²) in [5.74, 6) is -0.289. The molecule has 0 aromatic heterocycles. The van der Waals surface area contributed by atoms with Gasteiger partial charge in [-0.1, -0.05) is 35.2 Å². The normalized spacial score (nSPS) is 43.6. The molecule has 0 aromatic rings. The molecule has 124 valence electrons. The standard InChI is InChI=1S/C14H20BrNO4S2/c15-7-11(17)20-13-9-6-10-14(21-9)12(13)16(22(10,18)19)8-4-2-1-3-5-8/h8-10,12-14H,1-7H2. The number of fused-ring (bicyclic) bond motifs is 1. The number of sulfonamides is 1. The van der Waals surface area contributed by atoms with E-state index in [1.54, 1.807) is 16.1 Å². The molecule has 2 bridgehead atoms. The molecule has 0 radical (unpaired) electrons. The third kappa shape index (κ3) is 2.20. The van der Waals surface area contributed by atoms with Gasteiger partial charge in [-0.05, 0) is 19.3 Å². The van der Waals surface area contributed by atoms with Crippen molar-refractivity contribution in [2.24, 2.45) is 0 Å². The zero-order valence-electron chi connectivity index (χ0n) is 12.2. The van der Waals surface area contributed by atoms with Crippen LogP contribution in [0, 0.1) is 0 Å². The maximum Gasteiger partial charge on any atom is 0.316 e. The summed E-state index contributed by atoms with van der Waals surface area (Å²) in [6.07, 6.45) is 5.66. The summed E-state index contributed by atoms with van der Waals surface area (Å²) in [4.78, 5) is 11.7. The van der Waals surface area contributed by atoms with Crippen LogP contribution in [0.4, 0.5) is 0 Å². The molecule has 0 N–H and O–H groups in total. The Bertz CT molecular complexity index is 577. The van der Waals surface area contributed by atoms with Gasteiger partial charge in [0.1, 0.15) is 11.4 Å². The fourth-order valence-corrected chi connectivity index (χ4v) is 9.90. The second kappa shape index (κ2) is 5.63. The first-order valence-corrected chi connectivity index (χ1v) is 11.5. The van der Waals surface area contributed by atoms with Gasteiger partial charge in [0, 0.05) is 16.5 Å². The maximum absolute atomic E-state index is 13.0. The minimum Gasteiger partial charge on any atom is -0.459 e. The Kier molecular flexibility index (Phi) is 4.03. The van der Waals surface area contributed by atoms with Crippen LogP contribution in [0.2, 0.25) is 0 Å². The lowest BCUT2D eigenvalue weighted by atomic mass is 9.89. The lowest BCUT2D eigenvalue weighted by Crippen LogP contribution is -2.51. The average Bonchev–Trinajstić information content (AvgIpc) is 3.12. The van der Waals surface area contributed by atoms with Crippen molar-refractivity contribution in [3.8, 4) is 0 Å². The molecule has 3 saturated heterocycles. The third-order valence-corrected chi connectivity index (χ3v) is 10.2. The van der Waals surface area contributed by atoms with Crippen LogP contribution in [-0.4, -0.2) is 58.0 Å². The Morgan fingerprint density at radius 1 is 1.27 bits per heavy atom. The van der Waals surface area contributed by atoms with Crippen LogP contribution < -0.4 is 0 Å². The Labute approximate surface area is 143 Å². The highest BCUT2D eigenvalue weighted by atomic mass is 79.9. The van der Waals surface area contributed by atoms with E-state index in [0.717, 1.165) is 25.7 Å². The van der Waals surface area contributed by atoms with Crippen LogP contribution in [0.5, 0.6) is 0 Å². The van der Waals surface area contributed by atoms with Gasteiger partial charge < -0.3 is 4.74 Å². The van der Waals surface area contributed by atoms with E-state index in [2.05, 4.69) is 15.9 Å². The van der Waals surface area contributed by atoms with E-state index < -0.39 is 10.0 Å². The number of nitrogens with zero attached hydrogens (tertiary/aromatic N) is 1. The first kappa shape index (κ1) is 15.7. The molecule has 5 unspecified atom stereocenters. The lowest BCUT2D eigenvalue weighted by molar-refractivity contribution is -0.148. The fraction of sp³-hybridized carbons (Fsp3) is 0.929. The third-order valence-electron chi connectivity index (χ3n) is 5.48. The zero-order chi connectivity index (χ0) is 15.5. The van der Waals surface area contributed by atoms with Gasteiger partial charge in [0.15, 0.2) is 0 Å². The first-order valence-electron chi connectivity index (χ1n) is 7.97. The van der Waals surface area contributed by atoms with Gasteiger partial charge in [-0.25, -0.2) is 8.42 Å². The number of esters is 1. The number of ether oxygens (including phenoxy) is 1. The summed E-state index contributed by atoms with van der Waals surface area (Å²) in [5.41, 5.74) is 0. The molecule has 1 aliphatic carbocycles. The monoisotopic (exact) mass is 409 g/mol. The summed E-state index contributed by atoms with van der Waals surface area (Å²) in [7, 11) is -3.24. The van der Waals surface area contributed by atoms with Gasteiger partial charge in [-0.3, -0.25) is 4.79 Å². The second-order valence-corrected chi connectivity index (χ2v) is 10.7. The molecule has 4 fully saturated rings. The van der Waals surface area contributed by atoms with Crippen molar-refractivity contribution < 1.29 is 17.9 Å². The van der Waals surface area contributed by atoms with Crippen LogP contribution >= 0.6 is 27.7 Å². The van der Waals surface area contributed by atoms with E-state index in [1.807, 2.05) is 0 Å². The highest BCUT2D eigenvalue weighted by Gasteiger charge is 2.69. The van der Waals surface area contributed by atoms with Crippen LogP contribution in [-0.2, 0) is 19.6 Å². The second-order valence-electron chi connectivity index (χ2n) is 6.66.